The first-order valence-corrected chi connectivity index (χ1v) is 6.91. The number of nitrogens with one attached hydrogen (secondary N) is 1. The fraction of sp³-hybridized carbons (Fsp3) is 0.923. The summed E-state index contributed by atoms with van der Waals surface area (Å²) < 4.78 is 0. The van der Waals surface area contributed by atoms with Crippen LogP contribution in [0.25, 0.3) is 0 Å². The topological polar surface area (TPSA) is 58.4 Å². The van der Waals surface area contributed by atoms with Gasteiger partial charge in [0.05, 0.1) is 0 Å². The van der Waals surface area contributed by atoms with Gasteiger partial charge < -0.3 is 16.0 Å². The second kappa shape index (κ2) is 13.0. The van der Waals surface area contributed by atoms with Crippen LogP contribution < -0.4 is 11.1 Å². The first-order chi connectivity index (χ1) is 8.24. The highest BCUT2D eigenvalue weighted by Gasteiger charge is 2.17. The van der Waals surface area contributed by atoms with Gasteiger partial charge in [-0.1, -0.05) is 19.3 Å². The van der Waals surface area contributed by atoms with Gasteiger partial charge in [-0.05, 0) is 32.9 Å². The summed E-state index contributed by atoms with van der Waals surface area (Å²) in [5.41, 5.74) is 5.31. The summed E-state index contributed by atoms with van der Waals surface area (Å²) in [6.45, 7) is 2.29. The molecule has 0 bridgehead atoms. The standard InChI is InChI=1S/C13H27N3O.2ClH/c1-16(12-6-3-2-4-7-12)11-5-10-15-13(17)8-9-14;;/h12H,2-11,14H2,1H3,(H,15,17);2*1H. The first-order valence-electron chi connectivity index (χ1n) is 6.91. The summed E-state index contributed by atoms with van der Waals surface area (Å²) in [7, 11) is 2.21. The molecule has 0 spiro atoms. The van der Waals surface area contributed by atoms with Gasteiger partial charge >= 0.3 is 0 Å². The molecule has 1 aliphatic rings. The lowest BCUT2D eigenvalue weighted by Gasteiger charge is -2.31. The number of carbonyl (C=O) groups is 1. The van der Waals surface area contributed by atoms with Gasteiger partial charge in [-0.2, -0.15) is 0 Å². The molecular formula is C13H29Cl2N3O. The minimum atomic E-state index is 0. The Balaban J connectivity index is 0. The fourth-order valence-corrected chi connectivity index (χ4v) is 2.48. The number of rotatable bonds is 7. The summed E-state index contributed by atoms with van der Waals surface area (Å²) in [5.74, 6) is 0.0767. The molecule has 0 aliphatic heterocycles. The van der Waals surface area contributed by atoms with Crippen LogP contribution in [0.4, 0.5) is 0 Å². The van der Waals surface area contributed by atoms with E-state index in [2.05, 4.69) is 17.3 Å². The number of hydrogen-bond acceptors (Lipinski definition) is 3. The molecular weight excluding hydrogens is 285 g/mol. The Kier molecular flexibility index (Phi) is 14.5. The summed E-state index contributed by atoms with van der Waals surface area (Å²) in [5, 5.41) is 2.90. The van der Waals surface area contributed by atoms with E-state index >= 15 is 0 Å². The molecule has 116 valence electrons. The zero-order valence-electron chi connectivity index (χ0n) is 11.9. The molecule has 6 heteroatoms. The van der Waals surface area contributed by atoms with Crippen molar-refractivity contribution in [3.63, 3.8) is 0 Å². The van der Waals surface area contributed by atoms with Gasteiger partial charge in [0.2, 0.25) is 5.91 Å². The first kappa shape index (κ1) is 21.3. The van der Waals surface area contributed by atoms with Crippen molar-refractivity contribution in [3.8, 4) is 0 Å². The van der Waals surface area contributed by atoms with Crippen LogP contribution in [0.2, 0.25) is 0 Å². The zero-order valence-corrected chi connectivity index (χ0v) is 13.5. The molecule has 0 aromatic heterocycles. The third kappa shape index (κ3) is 9.50. The quantitative estimate of drug-likeness (QED) is 0.706. The maximum atomic E-state index is 11.2. The van der Waals surface area contributed by atoms with E-state index in [0.717, 1.165) is 25.6 Å². The van der Waals surface area contributed by atoms with Gasteiger partial charge in [0.1, 0.15) is 0 Å². The average molecular weight is 314 g/mol. The van der Waals surface area contributed by atoms with Gasteiger partial charge in [0.15, 0.2) is 0 Å². The Morgan fingerprint density at radius 2 is 1.89 bits per heavy atom. The number of hydrogen-bond donors (Lipinski definition) is 2. The van der Waals surface area contributed by atoms with Crippen molar-refractivity contribution < 1.29 is 4.79 Å². The number of nitrogens with two attached hydrogens (primary N) is 1. The van der Waals surface area contributed by atoms with E-state index in [1.165, 1.54) is 32.1 Å². The Morgan fingerprint density at radius 1 is 1.26 bits per heavy atom. The highest BCUT2D eigenvalue weighted by atomic mass is 35.5. The van der Waals surface area contributed by atoms with E-state index in [1.807, 2.05) is 0 Å². The van der Waals surface area contributed by atoms with Crippen LogP contribution in [0.1, 0.15) is 44.9 Å². The molecule has 1 rings (SSSR count). The Morgan fingerprint density at radius 3 is 2.47 bits per heavy atom. The predicted octanol–water partition coefficient (Wildman–Crippen LogP) is 1.95. The summed E-state index contributed by atoms with van der Waals surface area (Å²) >= 11 is 0. The molecule has 0 unspecified atom stereocenters. The zero-order chi connectivity index (χ0) is 12.5. The molecule has 0 radical (unpaired) electrons. The Bertz CT molecular complexity index is 224. The SMILES string of the molecule is CN(CCCNC(=O)CCN)C1CCCCC1.Cl.Cl. The van der Waals surface area contributed by atoms with E-state index in [4.69, 9.17) is 5.73 Å². The smallest absolute Gasteiger partial charge is 0.221 e. The fourth-order valence-electron chi connectivity index (χ4n) is 2.48. The van der Waals surface area contributed by atoms with Crippen molar-refractivity contribution in [1.82, 2.24) is 10.2 Å². The largest absolute Gasteiger partial charge is 0.356 e. The van der Waals surface area contributed by atoms with Crippen molar-refractivity contribution in [2.75, 3.05) is 26.7 Å². The maximum Gasteiger partial charge on any atom is 0.221 e. The molecule has 0 aromatic rings. The summed E-state index contributed by atoms with van der Waals surface area (Å²) in [6, 6.07) is 0.767. The third-order valence-corrected chi connectivity index (χ3v) is 3.58. The van der Waals surface area contributed by atoms with Gasteiger partial charge in [0, 0.05) is 25.6 Å². The van der Waals surface area contributed by atoms with Gasteiger partial charge in [-0.25, -0.2) is 0 Å². The van der Waals surface area contributed by atoms with Crippen LogP contribution in [-0.4, -0.2) is 43.5 Å². The number of nitrogens with zero attached hydrogens (tertiary/aromatic N) is 1. The average Bonchev–Trinajstić information content (AvgIpc) is 2.36. The number of carbonyl (C=O) groups excluding carboxylic acids is 1. The second-order valence-corrected chi connectivity index (χ2v) is 5.01. The molecule has 19 heavy (non-hydrogen) atoms. The van der Waals surface area contributed by atoms with Crippen LogP contribution >= 0.6 is 24.8 Å². The normalized spacial score (nSPS) is 15.5. The van der Waals surface area contributed by atoms with Crippen molar-refractivity contribution in [3.05, 3.63) is 0 Å². The lowest BCUT2D eigenvalue weighted by atomic mass is 9.94. The molecule has 1 saturated carbocycles. The minimum Gasteiger partial charge on any atom is -0.356 e. The van der Waals surface area contributed by atoms with E-state index in [-0.39, 0.29) is 30.7 Å². The molecule has 0 saturated heterocycles. The molecule has 1 aliphatic carbocycles. The summed E-state index contributed by atoms with van der Waals surface area (Å²) in [4.78, 5) is 13.6. The number of halogens is 2. The van der Waals surface area contributed by atoms with Gasteiger partial charge in [-0.15, -0.1) is 24.8 Å². The van der Waals surface area contributed by atoms with Crippen LogP contribution in [-0.2, 0) is 4.79 Å². The van der Waals surface area contributed by atoms with E-state index < -0.39 is 0 Å². The molecule has 0 heterocycles. The minimum absolute atomic E-state index is 0. The highest BCUT2D eigenvalue weighted by Crippen LogP contribution is 2.21. The van der Waals surface area contributed by atoms with Crippen LogP contribution in [0.3, 0.4) is 0 Å². The second-order valence-electron chi connectivity index (χ2n) is 5.01. The van der Waals surface area contributed by atoms with Crippen LogP contribution in [0.5, 0.6) is 0 Å². The molecule has 0 aromatic carbocycles. The van der Waals surface area contributed by atoms with Crippen molar-refractivity contribution in [1.29, 1.82) is 0 Å². The molecule has 3 N–H and O–H groups in total. The lowest BCUT2D eigenvalue weighted by Crippen LogP contribution is -2.36. The van der Waals surface area contributed by atoms with E-state index in [9.17, 15) is 4.79 Å². The van der Waals surface area contributed by atoms with Crippen molar-refractivity contribution in [2.24, 2.45) is 5.73 Å². The van der Waals surface area contributed by atoms with Crippen molar-refractivity contribution >= 4 is 30.7 Å². The lowest BCUT2D eigenvalue weighted by molar-refractivity contribution is -0.120. The monoisotopic (exact) mass is 313 g/mol. The highest BCUT2D eigenvalue weighted by molar-refractivity contribution is 5.85. The molecule has 4 nitrogen and oxygen atoms in total. The van der Waals surface area contributed by atoms with Crippen LogP contribution in [0, 0.1) is 0 Å². The van der Waals surface area contributed by atoms with E-state index in [1.54, 1.807) is 0 Å². The number of amides is 1. The van der Waals surface area contributed by atoms with Gasteiger partial charge in [0.25, 0.3) is 0 Å². The third-order valence-electron chi connectivity index (χ3n) is 3.58. The predicted molar refractivity (Wildman–Crippen MR) is 85.3 cm³/mol. The Labute approximate surface area is 129 Å². The summed E-state index contributed by atoms with van der Waals surface area (Å²) in [6.07, 6.45) is 8.32. The van der Waals surface area contributed by atoms with Gasteiger partial charge in [-0.3, -0.25) is 4.79 Å². The molecule has 0 atom stereocenters. The van der Waals surface area contributed by atoms with E-state index in [0.29, 0.717) is 13.0 Å². The molecule has 1 fully saturated rings. The van der Waals surface area contributed by atoms with Crippen LogP contribution in [0.15, 0.2) is 0 Å². The Hall–Kier alpha value is -0.0300. The van der Waals surface area contributed by atoms with Crippen molar-refractivity contribution in [2.45, 2.75) is 51.0 Å². The maximum absolute atomic E-state index is 11.2. The molecule has 1 amide bonds.